The van der Waals surface area contributed by atoms with Crippen LogP contribution in [0.5, 0.6) is 0 Å². The highest BCUT2D eigenvalue weighted by atomic mass is 15.0. The molecule has 0 heterocycles. The Kier molecular flexibility index (Phi) is 6.59. The molecule has 0 spiro atoms. The van der Waals surface area contributed by atoms with Crippen molar-refractivity contribution in [2.45, 2.75) is 33.0 Å². The van der Waals surface area contributed by atoms with Crippen LogP contribution in [0, 0.1) is 13.8 Å². The van der Waals surface area contributed by atoms with Gasteiger partial charge in [0.05, 0.1) is 0 Å². The zero-order chi connectivity index (χ0) is 18.2. The van der Waals surface area contributed by atoms with E-state index in [2.05, 4.69) is 103 Å². The number of nitrogens with one attached hydrogen (secondary N) is 2. The van der Waals surface area contributed by atoms with Crippen molar-refractivity contribution in [1.82, 2.24) is 10.6 Å². The fourth-order valence-corrected chi connectivity index (χ4v) is 3.31. The molecule has 26 heavy (non-hydrogen) atoms. The fraction of sp³-hybridized carbons (Fsp3) is 0.250. The zero-order valence-corrected chi connectivity index (χ0v) is 15.7. The maximum atomic E-state index is 3.73. The quantitative estimate of drug-likeness (QED) is 0.606. The third-order valence-corrected chi connectivity index (χ3v) is 4.56. The highest BCUT2D eigenvalue weighted by Crippen LogP contribution is 2.18. The Labute approximate surface area is 157 Å². The van der Waals surface area contributed by atoms with Gasteiger partial charge in [0.2, 0.25) is 0 Å². The molecule has 0 saturated heterocycles. The largest absolute Gasteiger partial charge is 0.311 e. The molecule has 2 heteroatoms. The van der Waals surface area contributed by atoms with E-state index in [9.17, 15) is 0 Å². The molecule has 0 saturated carbocycles. The van der Waals surface area contributed by atoms with E-state index in [-0.39, 0.29) is 6.04 Å². The van der Waals surface area contributed by atoms with Crippen molar-refractivity contribution < 1.29 is 0 Å². The van der Waals surface area contributed by atoms with Crippen molar-refractivity contribution in [1.29, 1.82) is 0 Å². The van der Waals surface area contributed by atoms with Gasteiger partial charge >= 0.3 is 0 Å². The number of aryl methyl sites for hydroxylation is 2. The monoisotopic (exact) mass is 344 g/mol. The van der Waals surface area contributed by atoms with Gasteiger partial charge in [-0.15, -0.1) is 0 Å². The van der Waals surface area contributed by atoms with Crippen LogP contribution in [-0.2, 0) is 13.1 Å². The number of hydrogen-bond acceptors (Lipinski definition) is 2. The van der Waals surface area contributed by atoms with Gasteiger partial charge in [-0.1, -0.05) is 90.0 Å². The molecule has 0 amide bonds. The summed E-state index contributed by atoms with van der Waals surface area (Å²) in [6, 6.07) is 28.2. The molecule has 2 N–H and O–H groups in total. The molecule has 0 aliphatic carbocycles. The van der Waals surface area contributed by atoms with E-state index >= 15 is 0 Å². The van der Waals surface area contributed by atoms with E-state index in [0.717, 1.165) is 19.6 Å². The number of benzene rings is 3. The van der Waals surface area contributed by atoms with Crippen LogP contribution in [0.4, 0.5) is 0 Å². The van der Waals surface area contributed by atoms with Crippen LogP contribution in [0.2, 0.25) is 0 Å². The molecule has 0 unspecified atom stereocenters. The van der Waals surface area contributed by atoms with E-state index in [1.165, 1.54) is 27.8 Å². The van der Waals surface area contributed by atoms with Crippen molar-refractivity contribution in [2.75, 3.05) is 6.54 Å². The summed E-state index contributed by atoms with van der Waals surface area (Å²) < 4.78 is 0. The minimum atomic E-state index is 0.275. The Morgan fingerprint density at radius 3 is 1.81 bits per heavy atom. The van der Waals surface area contributed by atoms with Crippen molar-refractivity contribution >= 4 is 0 Å². The number of hydrogen-bond donors (Lipinski definition) is 2. The second-order valence-electron chi connectivity index (χ2n) is 6.96. The van der Waals surface area contributed by atoms with Crippen LogP contribution in [0.3, 0.4) is 0 Å². The van der Waals surface area contributed by atoms with E-state index in [4.69, 9.17) is 0 Å². The SMILES string of the molecule is Cc1cc(C)cc([C@H](CNCc2ccccc2)NCc2ccccc2)c1. The predicted molar refractivity (Wildman–Crippen MR) is 110 cm³/mol. The average Bonchev–Trinajstić information content (AvgIpc) is 2.65. The maximum absolute atomic E-state index is 3.73. The van der Waals surface area contributed by atoms with Gasteiger partial charge in [0.1, 0.15) is 0 Å². The van der Waals surface area contributed by atoms with Crippen LogP contribution >= 0.6 is 0 Å². The molecule has 0 bridgehead atoms. The van der Waals surface area contributed by atoms with Crippen LogP contribution in [0.1, 0.15) is 33.9 Å². The topological polar surface area (TPSA) is 24.1 Å². The summed E-state index contributed by atoms with van der Waals surface area (Å²) in [6.07, 6.45) is 0. The van der Waals surface area contributed by atoms with Crippen LogP contribution < -0.4 is 10.6 Å². The van der Waals surface area contributed by atoms with Crippen LogP contribution in [0.25, 0.3) is 0 Å². The Morgan fingerprint density at radius 1 is 0.692 bits per heavy atom. The molecule has 1 atom stereocenters. The lowest BCUT2D eigenvalue weighted by Crippen LogP contribution is -2.31. The van der Waals surface area contributed by atoms with Crippen LogP contribution in [-0.4, -0.2) is 6.54 Å². The lowest BCUT2D eigenvalue weighted by atomic mass is 10.0. The predicted octanol–water partition coefficient (Wildman–Crippen LogP) is 4.92. The van der Waals surface area contributed by atoms with Gasteiger partial charge in [-0.2, -0.15) is 0 Å². The second kappa shape index (κ2) is 9.33. The molecule has 2 nitrogen and oxygen atoms in total. The van der Waals surface area contributed by atoms with Gasteiger partial charge in [0.25, 0.3) is 0 Å². The van der Waals surface area contributed by atoms with E-state index in [0.29, 0.717) is 0 Å². The molecule has 0 aromatic heterocycles. The molecule has 3 aromatic rings. The van der Waals surface area contributed by atoms with Gasteiger partial charge in [-0.05, 0) is 30.5 Å². The summed E-state index contributed by atoms with van der Waals surface area (Å²) >= 11 is 0. The molecular formula is C24H28N2. The first-order chi connectivity index (χ1) is 12.7. The normalized spacial score (nSPS) is 12.1. The van der Waals surface area contributed by atoms with Crippen molar-refractivity contribution in [3.63, 3.8) is 0 Å². The molecular weight excluding hydrogens is 316 g/mol. The summed E-state index contributed by atoms with van der Waals surface area (Å²) in [5, 5.41) is 7.34. The van der Waals surface area contributed by atoms with E-state index in [1.807, 2.05) is 0 Å². The fourth-order valence-electron chi connectivity index (χ4n) is 3.31. The first-order valence-electron chi connectivity index (χ1n) is 9.31. The Morgan fingerprint density at radius 2 is 1.23 bits per heavy atom. The molecule has 0 radical (unpaired) electrons. The number of rotatable bonds is 8. The first kappa shape index (κ1) is 18.4. The Bertz CT molecular complexity index is 777. The van der Waals surface area contributed by atoms with Crippen LogP contribution in [0.15, 0.2) is 78.9 Å². The highest BCUT2D eigenvalue weighted by Gasteiger charge is 2.12. The van der Waals surface area contributed by atoms with Crippen molar-refractivity contribution in [3.05, 3.63) is 107 Å². The maximum Gasteiger partial charge on any atom is 0.0449 e. The Hall–Kier alpha value is -2.42. The summed E-state index contributed by atoms with van der Waals surface area (Å²) in [4.78, 5) is 0. The van der Waals surface area contributed by atoms with Gasteiger partial charge < -0.3 is 10.6 Å². The van der Waals surface area contributed by atoms with Gasteiger partial charge in [-0.25, -0.2) is 0 Å². The molecule has 3 rings (SSSR count). The summed E-state index contributed by atoms with van der Waals surface area (Å²) in [5.74, 6) is 0. The summed E-state index contributed by atoms with van der Waals surface area (Å²) in [6.45, 7) is 6.98. The van der Waals surface area contributed by atoms with E-state index in [1.54, 1.807) is 0 Å². The summed E-state index contributed by atoms with van der Waals surface area (Å²) in [5.41, 5.74) is 6.60. The zero-order valence-electron chi connectivity index (χ0n) is 15.7. The average molecular weight is 345 g/mol. The molecule has 0 aliphatic heterocycles. The van der Waals surface area contributed by atoms with Gasteiger partial charge in [0, 0.05) is 25.7 Å². The van der Waals surface area contributed by atoms with Crippen molar-refractivity contribution in [2.24, 2.45) is 0 Å². The van der Waals surface area contributed by atoms with Gasteiger partial charge in [0.15, 0.2) is 0 Å². The minimum Gasteiger partial charge on any atom is -0.311 e. The smallest absolute Gasteiger partial charge is 0.0449 e. The minimum absolute atomic E-state index is 0.275. The molecule has 134 valence electrons. The Balaban J connectivity index is 1.68. The third-order valence-electron chi connectivity index (χ3n) is 4.56. The molecule has 0 aliphatic rings. The molecule has 3 aromatic carbocycles. The highest BCUT2D eigenvalue weighted by molar-refractivity contribution is 5.31. The second-order valence-corrected chi connectivity index (χ2v) is 6.96. The standard InChI is InChI=1S/C24H28N2/c1-19-13-20(2)15-23(14-19)24(26-17-22-11-7-4-8-12-22)18-25-16-21-9-5-3-6-10-21/h3-15,24-26H,16-18H2,1-2H3/t24-/m0/s1. The summed E-state index contributed by atoms with van der Waals surface area (Å²) in [7, 11) is 0. The first-order valence-corrected chi connectivity index (χ1v) is 9.31. The lowest BCUT2D eigenvalue weighted by Gasteiger charge is -2.21. The van der Waals surface area contributed by atoms with Crippen molar-refractivity contribution in [3.8, 4) is 0 Å². The van der Waals surface area contributed by atoms with Gasteiger partial charge in [-0.3, -0.25) is 0 Å². The lowest BCUT2D eigenvalue weighted by molar-refractivity contribution is 0.487. The third kappa shape index (κ3) is 5.55. The van der Waals surface area contributed by atoms with E-state index < -0.39 is 0 Å². The molecule has 0 fully saturated rings.